The van der Waals surface area contributed by atoms with Gasteiger partial charge in [-0.05, 0) is 6.92 Å². The Morgan fingerprint density at radius 3 is 2.57 bits per heavy atom. The van der Waals surface area contributed by atoms with E-state index in [1.807, 2.05) is 29.8 Å². The van der Waals surface area contributed by atoms with Crippen LogP contribution in [0.4, 0.5) is 5.95 Å². The van der Waals surface area contributed by atoms with Gasteiger partial charge in [0.1, 0.15) is 0 Å². The molecule has 0 unspecified atom stereocenters. The zero-order valence-electron chi connectivity index (χ0n) is 12.1. The monoisotopic (exact) mass is 304 g/mol. The van der Waals surface area contributed by atoms with Gasteiger partial charge in [0.05, 0.1) is 36.8 Å². The second-order valence-electron chi connectivity index (χ2n) is 4.60. The van der Waals surface area contributed by atoms with Gasteiger partial charge in [0.25, 0.3) is 0 Å². The van der Waals surface area contributed by atoms with Gasteiger partial charge in [-0.2, -0.15) is 0 Å². The minimum absolute atomic E-state index is 0.464. The first kappa shape index (κ1) is 13.7. The molecule has 0 fully saturated rings. The molecule has 7 heteroatoms. The molecule has 2 heterocycles. The summed E-state index contributed by atoms with van der Waals surface area (Å²) in [6.07, 6.45) is 1.87. The largest absolute Gasteiger partial charge is 0.493 e. The highest BCUT2D eigenvalue weighted by Gasteiger charge is 2.14. The number of methoxy groups -OCH3 is 2. The van der Waals surface area contributed by atoms with E-state index in [0.29, 0.717) is 24.0 Å². The number of nitrogens with zero attached hydrogens (tertiary/aromatic N) is 3. The number of benzene rings is 1. The summed E-state index contributed by atoms with van der Waals surface area (Å²) in [7, 11) is 3.21. The Balaban J connectivity index is 2.11. The van der Waals surface area contributed by atoms with E-state index in [1.165, 1.54) is 0 Å². The molecule has 1 aromatic carbocycles. The summed E-state index contributed by atoms with van der Waals surface area (Å²) < 4.78 is 12.6. The van der Waals surface area contributed by atoms with E-state index >= 15 is 0 Å². The highest BCUT2D eigenvalue weighted by atomic mass is 32.1. The van der Waals surface area contributed by atoms with Gasteiger partial charge in [0.15, 0.2) is 11.5 Å². The molecule has 0 aliphatic rings. The molecule has 3 aromatic rings. The molecular formula is C14H16N4O2S. The minimum atomic E-state index is 0.464. The van der Waals surface area contributed by atoms with Crippen molar-refractivity contribution in [3.8, 4) is 11.5 Å². The third-order valence-corrected chi connectivity index (χ3v) is 4.16. The molecule has 0 aliphatic heterocycles. The fourth-order valence-corrected chi connectivity index (χ4v) is 3.05. The SMILES string of the molecule is COc1cc2nc(N)n(Cc3cnc(C)s3)c2cc1OC. The predicted octanol–water partition coefficient (Wildman–Crippen LogP) is 2.45. The van der Waals surface area contributed by atoms with Crippen molar-refractivity contribution in [1.29, 1.82) is 0 Å². The lowest BCUT2D eigenvalue weighted by Gasteiger charge is -2.09. The third kappa shape index (κ3) is 2.40. The Morgan fingerprint density at radius 2 is 1.95 bits per heavy atom. The highest BCUT2D eigenvalue weighted by Crippen LogP contribution is 2.33. The summed E-state index contributed by atoms with van der Waals surface area (Å²) in [5.41, 5.74) is 7.74. The Morgan fingerprint density at radius 1 is 1.24 bits per heavy atom. The van der Waals surface area contributed by atoms with Crippen molar-refractivity contribution in [3.05, 3.63) is 28.2 Å². The molecule has 0 aliphatic carbocycles. The van der Waals surface area contributed by atoms with E-state index in [2.05, 4.69) is 9.97 Å². The molecule has 0 radical (unpaired) electrons. The molecule has 21 heavy (non-hydrogen) atoms. The van der Waals surface area contributed by atoms with Crippen molar-refractivity contribution in [3.63, 3.8) is 0 Å². The van der Waals surface area contributed by atoms with Crippen molar-refractivity contribution < 1.29 is 9.47 Å². The number of ether oxygens (including phenoxy) is 2. The van der Waals surface area contributed by atoms with Crippen LogP contribution in [0.25, 0.3) is 11.0 Å². The van der Waals surface area contributed by atoms with Crippen molar-refractivity contribution in [2.75, 3.05) is 20.0 Å². The van der Waals surface area contributed by atoms with E-state index in [9.17, 15) is 0 Å². The number of anilines is 1. The Bertz CT molecular complexity index is 794. The molecular weight excluding hydrogens is 288 g/mol. The van der Waals surface area contributed by atoms with Gasteiger partial charge >= 0.3 is 0 Å². The Labute approximate surface area is 126 Å². The van der Waals surface area contributed by atoms with Gasteiger partial charge in [-0.1, -0.05) is 0 Å². The zero-order valence-corrected chi connectivity index (χ0v) is 12.9. The van der Waals surface area contributed by atoms with Crippen LogP contribution in [0.3, 0.4) is 0 Å². The summed E-state index contributed by atoms with van der Waals surface area (Å²) in [5.74, 6) is 1.77. The summed E-state index contributed by atoms with van der Waals surface area (Å²) in [6.45, 7) is 2.63. The molecule has 2 aromatic heterocycles. The summed E-state index contributed by atoms with van der Waals surface area (Å²) in [5, 5.41) is 1.03. The number of fused-ring (bicyclic) bond motifs is 1. The average molecular weight is 304 g/mol. The van der Waals surface area contributed by atoms with Gasteiger partial charge in [-0.3, -0.25) is 0 Å². The first-order chi connectivity index (χ1) is 10.1. The quantitative estimate of drug-likeness (QED) is 0.801. The van der Waals surface area contributed by atoms with Gasteiger partial charge in [-0.15, -0.1) is 11.3 Å². The molecule has 110 valence electrons. The van der Waals surface area contributed by atoms with Crippen LogP contribution >= 0.6 is 11.3 Å². The van der Waals surface area contributed by atoms with Gasteiger partial charge in [-0.25, -0.2) is 9.97 Å². The molecule has 0 saturated heterocycles. The van der Waals surface area contributed by atoms with Crippen LogP contribution < -0.4 is 15.2 Å². The van der Waals surface area contributed by atoms with Crippen molar-refractivity contribution in [2.24, 2.45) is 0 Å². The molecule has 6 nitrogen and oxygen atoms in total. The smallest absolute Gasteiger partial charge is 0.201 e. The fraction of sp³-hybridized carbons (Fsp3) is 0.286. The molecule has 0 saturated carbocycles. The molecule has 0 atom stereocenters. The summed E-state index contributed by atoms with van der Waals surface area (Å²) >= 11 is 1.65. The summed E-state index contributed by atoms with van der Waals surface area (Å²) in [6, 6.07) is 3.73. The van der Waals surface area contributed by atoms with Gasteiger partial charge in [0, 0.05) is 23.2 Å². The van der Waals surface area contributed by atoms with Crippen LogP contribution in [0.15, 0.2) is 18.3 Å². The number of imidazole rings is 1. The van der Waals surface area contributed by atoms with Crippen molar-refractivity contribution in [2.45, 2.75) is 13.5 Å². The lowest BCUT2D eigenvalue weighted by molar-refractivity contribution is 0.355. The lowest BCUT2D eigenvalue weighted by Crippen LogP contribution is -2.03. The van der Waals surface area contributed by atoms with Gasteiger partial charge < -0.3 is 19.8 Å². The van der Waals surface area contributed by atoms with Crippen LogP contribution in [-0.4, -0.2) is 28.8 Å². The van der Waals surface area contributed by atoms with Crippen LogP contribution in [-0.2, 0) is 6.54 Å². The highest BCUT2D eigenvalue weighted by molar-refractivity contribution is 7.11. The normalized spacial score (nSPS) is 11.0. The molecule has 0 spiro atoms. The van der Waals surface area contributed by atoms with E-state index in [-0.39, 0.29) is 0 Å². The second-order valence-corrected chi connectivity index (χ2v) is 5.92. The number of nitrogens with two attached hydrogens (primary N) is 1. The van der Waals surface area contributed by atoms with E-state index in [4.69, 9.17) is 15.2 Å². The fourth-order valence-electron chi connectivity index (χ4n) is 2.27. The number of rotatable bonds is 4. The lowest BCUT2D eigenvalue weighted by atomic mass is 10.2. The molecule has 0 bridgehead atoms. The maximum atomic E-state index is 6.05. The van der Waals surface area contributed by atoms with Crippen LogP contribution in [0.2, 0.25) is 0 Å². The number of aryl methyl sites for hydroxylation is 1. The van der Waals surface area contributed by atoms with Crippen molar-refractivity contribution >= 4 is 28.3 Å². The van der Waals surface area contributed by atoms with E-state index in [1.54, 1.807) is 25.6 Å². The van der Waals surface area contributed by atoms with E-state index < -0.39 is 0 Å². The Hall–Kier alpha value is -2.28. The molecule has 2 N–H and O–H groups in total. The van der Waals surface area contributed by atoms with Crippen LogP contribution in [0.5, 0.6) is 11.5 Å². The first-order valence-corrected chi connectivity index (χ1v) is 7.23. The zero-order chi connectivity index (χ0) is 15.0. The van der Waals surface area contributed by atoms with Crippen LogP contribution in [0, 0.1) is 6.92 Å². The summed E-state index contributed by atoms with van der Waals surface area (Å²) in [4.78, 5) is 9.79. The number of hydrogen-bond acceptors (Lipinski definition) is 6. The molecule has 3 rings (SSSR count). The topological polar surface area (TPSA) is 75.2 Å². The maximum Gasteiger partial charge on any atom is 0.201 e. The number of hydrogen-bond donors (Lipinski definition) is 1. The van der Waals surface area contributed by atoms with E-state index in [0.717, 1.165) is 20.9 Å². The minimum Gasteiger partial charge on any atom is -0.493 e. The predicted molar refractivity (Wildman–Crippen MR) is 83.2 cm³/mol. The first-order valence-electron chi connectivity index (χ1n) is 6.41. The Kier molecular flexibility index (Phi) is 3.42. The van der Waals surface area contributed by atoms with Crippen LogP contribution in [0.1, 0.15) is 9.88 Å². The standard InChI is InChI=1S/C14H16N4O2S/c1-8-16-6-9(21-8)7-18-11-5-13(20-3)12(19-2)4-10(11)17-14(18)15/h4-6H,7H2,1-3H3,(H2,15,17). The number of nitrogen functional groups attached to an aromatic ring is 1. The van der Waals surface area contributed by atoms with Gasteiger partial charge in [0.2, 0.25) is 5.95 Å². The number of thiazole rings is 1. The average Bonchev–Trinajstić information content (AvgIpc) is 3.02. The maximum absolute atomic E-state index is 6.05. The molecule has 0 amide bonds. The van der Waals surface area contributed by atoms with Crippen molar-refractivity contribution in [1.82, 2.24) is 14.5 Å². The third-order valence-electron chi connectivity index (χ3n) is 3.27. The second kappa shape index (κ2) is 5.25. The number of aromatic nitrogens is 3.